The molecule has 160 valence electrons. The maximum absolute atomic E-state index is 12.1. The number of H-pyrrole nitrogens is 1. The first-order chi connectivity index (χ1) is 15.1. The molecule has 2 aromatic heterocycles. The third kappa shape index (κ3) is 4.19. The zero-order valence-corrected chi connectivity index (χ0v) is 17.7. The van der Waals surface area contributed by atoms with Crippen LogP contribution in [0.15, 0.2) is 42.5 Å². The second-order valence-electron chi connectivity index (χ2n) is 7.72. The summed E-state index contributed by atoms with van der Waals surface area (Å²) < 4.78 is 1.86. The van der Waals surface area contributed by atoms with Crippen LogP contribution in [0.5, 0.6) is 0 Å². The predicted molar refractivity (Wildman–Crippen MR) is 119 cm³/mol. The van der Waals surface area contributed by atoms with Crippen molar-refractivity contribution < 1.29 is 9.90 Å². The Bertz CT molecular complexity index is 1180. The molecular weight excluding hydrogens is 392 g/mol. The number of aromatic amines is 1. The number of nitrogens with one attached hydrogen (secondary N) is 1. The lowest BCUT2D eigenvalue weighted by molar-refractivity contribution is -0.141. The highest BCUT2D eigenvalue weighted by molar-refractivity contribution is 5.88. The van der Waals surface area contributed by atoms with Crippen LogP contribution in [0.3, 0.4) is 0 Å². The van der Waals surface area contributed by atoms with Crippen LogP contribution >= 0.6 is 0 Å². The Labute approximate surface area is 180 Å². The molecule has 8 nitrogen and oxygen atoms in total. The van der Waals surface area contributed by atoms with Crippen molar-refractivity contribution in [3.05, 3.63) is 48.3 Å². The summed E-state index contributed by atoms with van der Waals surface area (Å²) in [6.45, 7) is 4.02. The highest BCUT2D eigenvalue weighted by Crippen LogP contribution is 2.33. The monoisotopic (exact) mass is 418 g/mol. The Hall–Kier alpha value is -3.55. The van der Waals surface area contributed by atoms with Crippen molar-refractivity contribution in [2.45, 2.75) is 52.0 Å². The van der Waals surface area contributed by atoms with Gasteiger partial charge in [-0.05, 0) is 41.8 Å². The van der Waals surface area contributed by atoms with Crippen LogP contribution in [0.4, 0.5) is 0 Å². The van der Waals surface area contributed by atoms with Crippen LogP contribution < -0.4 is 0 Å². The Morgan fingerprint density at radius 3 is 2.65 bits per heavy atom. The fourth-order valence-corrected chi connectivity index (χ4v) is 4.11. The van der Waals surface area contributed by atoms with Crippen molar-refractivity contribution in [2.75, 3.05) is 0 Å². The number of imidazole rings is 1. The summed E-state index contributed by atoms with van der Waals surface area (Å²) in [7, 11) is 0. The second-order valence-corrected chi connectivity index (χ2v) is 7.72. The van der Waals surface area contributed by atoms with Gasteiger partial charge in [0.25, 0.3) is 0 Å². The zero-order valence-electron chi connectivity index (χ0n) is 17.7. The molecule has 1 unspecified atom stereocenters. The van der Waals surface area contributed by atoms with Gasteiger partial charge in [-0.25, -0.2) is 9.78 Å². The van der Waals surface area contributed by atoms with Crippen molar-refractivity contribution in [3.63, 3.8) is 0 Å². The van der Waals surface area contributed by atoms with Gasteiger partial charge in [0.1, 0.15) is 11.9 Å². The molecule has 0 saturated heterocycles. The van der Waals surface area contributed by atoms with Gasteiger partial charge in [0.15, 0.2) is 0 Å². The number of carboxylic acid groups (broad SMARTS) is 1. The minimum absolute atomic E-state index is 0.524. The van der Waals surface area contributed by atoms with E-state index in [9.17, 15) is 9.90 Å². The van der Waals surface area contributed by atoms with E-state index in [4.69, 9.17) is 0 Å². The van der Waals surface area contributed by atoms with Crippen molar-refractivity contribution in [3.8, 4) is 22.5 Å². The number of hydrogen-bond donors (Lipinski definition) is 2. The number of aryl methyl sites for hydroxylation is 1. The molecule has 0 aliphatic rings. The number of aliphatic carboxylic acids is 1. The molecule has 0 bridgehead atoms. The van der Waals surface area contributed by atoms with Crippen LogP contribution in [-0.4, -0.2) is 41.3 Å². The molecule has 4 aromatic rings. The van der Waals surface area contributed by atoms with E-state index < -0.39 is 12.0 Å². The molecule has 0 spiro atoms. The van der Waals surface area contributed by atoms with Gasteiger partial charge in [-0.2, -0.15) is 5.21 Å². The summed E-state index contributed by atoms with van der Waals surface area (Å²) in [5.41, 5.74) is 4.41. The number of tetrazole rings is 1. The van der Waals surface area contributed by atoms with Gasteiger partial charge in [0.05, 0.1) is 11.0 Å². The van der Waals surface area contributed by atoms with E-state index >= 15 is 0 Å². The number of hydrogen-bond acceptors (Lipinski definition) is 5. The average Bonchev–Trinajstić information content (AvgIpc) is 3.41. The van der Waals surface area contributed by atoms with E-state index in [-0.39, 0.29) is 0 Å². The van der Waals surface area contributed by atoms with E-state index in [2.05, 4.69) is 32.5 Å². The van der Waals surface area contributed by atoms with Crippen LogP contribution in [-0.2, 0) is 4.79 Å². The van der Waals surface area contributed by atoms with Gasteiger partial charge in [-0.15, -0.1) is 10.2 Å². The van der Waals surface area contributed by atoms with Crippen molar-refractivity contribution >= 4 is 17.0 Å². The van der Waals surface area contributed by atoms with Crippen molar-refractivity contribution in [1.29, 1.82) is 0 Å². The third-order valence-corrected chi connectivity index (χ3v) is 5.62. The van der Waals surface area contributed by atoms with Crippen molar-refractivity contribution in [1.82, 2.24) is 30.2 Å². The van der Waals surface area contributed by atoms with E-state index in [0.717, 1.165) is 53.4 Å². The SMILES string of the molecule is CCCCCCC(C(=O)O)n1c(C)nc2cc(-c3ccccc3-c3nn[nH]n3)ccc21. The van der Waals surface area contributed by atoms with Gasteiger partial charge < -0.3 is 9.67 Å². The van der Waals surface area contributed by atoms with E-state index in [0.29, 0.717) is 18.1 Å². The lowest BCUT2D eigenvalue weighted by Crippen LogP contribution is -2.20. The average molecular weight is 419 g/mol. The first-order valence-electron chi connectivity index (χ1n) is 10.6. The topological polar surface area (TPSA) is 110 Å². The number of unbranched alkanes of at least 4 members (excludes halogenated alkanes) is 3. The fourth-order valence-electron chi connectivity index (χ4n) is 4.11. The molecule has 0 aliphatic heterocycles. The van der Waals surface area contributed by atoms with Gasteiger partial charge in [-0.3, -0.25) is 0 Å². The number of carboxylic acids is 1. The quantitative estimate of drug-likeness (QED) is 0.378. The van der Waals surface area contributed by atoms with Crippen molar-refractivity contribution in [2.24, 2.45) is 0 Å². The fraction of sp³-hybridized carbons (Fsp3) is 0.348. The van der Waals surface area contributed by atoms with E-state index in [1.165, 1.54) is 0 Å². The second kappa shape index (κ2) is 9.07. The Morgan fingerprint density at radius 1 is 1.13 bits per heavy atom. The molecule has 0 radical (unpaired) electrons. The molecule has 2 heterocycles. The molecule has 0 aliphatic carbocycles. The minimum atomic E-state index is -0.814. The molecular formula is C23H26N6O2. The Morgan fingerprint density at radius 2 is 1.94 bits per heavy atom. The van der Waals surface area contributed by atoms with E-state index in [1.807, 2.05) is 54.0 Å². The number of rotatable bonds is 9. The van der Waals surface area contributed by atoms with Crippen LogP contribution in [0.1, 0.15) is 50.9 Å². The molecule has 8 heteroatoms. The summed E-state index contributed by atoms with van der Waals surface area (Å²) in [6, 6.07) is 13.2. The minimum Gasteiger partial charge on any atom is -0.480 e. The molecule has 0 saturated carbocycles. The highest BCUT2D eigenvalue weighted by atomic mass is 16.4. The highest BCUT2D eigenvalue weighted by Gasteiger charge is 2.24. The normalized spacial score (nSPS) is 12.3. The predicted octanol–water partition coefficient (Wildman–Crippen LogP) is 4.79. The maximum Gasteiger partial charge on any atom is 0.326 e. The maximum atomic E-state index is 12.1. The number of carbonyl (C=O) groups is 1. The number of fused-ring (bicyclic) bond motifs is 1. The first-order valence-corrected chi connectivity index (χ1v) is 10.6. The summed E-state index contributed by atoms with van der Waals surface area (Å²) in [4.78, 5) is 16.7. The van der Waals surface area contributed by atoms with Gasteiger partial charge in [-0.1, -0.05) is 62.9 Å². The Kier molecular flexibility index (Phi) is 6.06. The van der Waals surface area contributed by atoms with Crippen LogP contribution in [0.2, 0.25) is 0 Å². The first kappa shape index (κ1) is 20.7. The number of benzene rings is 2. The molecule has 2 N–H and O–H groups in total. The smallest absolute Gasteiger partial charge is 0.326 e. The van der Waals surface area contributed by atoms with Crippen LogP contribution in [0.25, 0.3) is 33.5 Å². The molecule has 31 heavy (non-hydrogen) atoms. The van der Waals surface area contributed by atoms with Gasteiger partial charge >= 0.3 is 5.97 Å². The van der Waals surface area contributed by atoms with Gasteiger partial charge in [0, 0.05) is 5.56 Å². The molecule has 0 fully saturated rings. The molecule has 2 aromatic carbocycles. The molecule has 1 atom stereocenters. The molecule has 0 amide bonds. The summed E-state index contributed by atoms with van der Waals surface area (Å²) in [5.74, 6) is 0.419. The summed E-state index contributed by atoms with van der Waals surface area (Å²) in [5, 5.41) is 24.3. The number of nitrogens with zero attached hydrogens (tertiary/aromatic N) is 5. The largest absolute Gasteiger partial charge is 0.480 e. The third-order valence-electron chi connectivity index (χ3n) is 5.62. The van der Waals surface area contributed by atoms with E-state index in [1.54, 1.807) is 0 Å². The lowest BCUT2D eigenvalue weighted by Gasteiger charge is -2.17. The van der Waals surface area contributed by atoms with Crippen LogP contribution in [0, 0.1) is 6.92 Å². The standard InChI is InChI=1S/C23H26N6O2/c1-3-4-5-6-11-21(23(30)31)29-15(2)24-19-14-16(12-13-20(19)29)17-9-7-8-10-18(17)22-25-27-28-26-22/h7-10,12-14,21H,3-6,11H2,1-2H3,(H,30,31)(H,25,26,27,28). The van der Waals surface area contributed by atoms with Gasteiger partial charge in [0.2, 0.25) is 5.82 Å². The lowest BCUT2D eigenvalue weighted by atomic mass is 9.99. The summed E-state index contributed by atoms with van der Waals surface area (Å²) >= 11 is 0. The number of aromatic nitrogens is 6. The zero-order chi connectivity index (χ0) is 21.8. The summed E-state index contributed by atoms with van der Waals surface area (Å²) in [6.07, 6.45) is 4.78. The Balaban J connectivity index is 1.72. The molecule has 4 rings (SSSR count).